The van der Waals surface area contributed by atoms with Crippen LogP contribution in [0, 0.1) is 0 Å². The molecule has 0 amide bonds. The largest absolute Gasteiger partial charge is 0.281 e. The maximum atomic E-state index is 10.5. The smallest absolute Gasteiger partial charge is 0.221 e. The molecule has 0 aliphatic rings. The molecule has 0 aliphatic heterocycles. The first kappa shape index (κ1) is 19.7. The fourth-order valence-electron chi connectivity index (χ4n) is 2.33. The minimum absolute atomic E-state index is 0.205. The molecule has 0 heterocycles. The Hall–Kier alpha value is -0.300. The van der Waals surface area contributed by atoms with Gasteiger partial charge in [0.25, 0.3) is 0 Å². The molecule has 0 aromatic rings. The van der Waals surface area contributed by atoms with Gasteiger partial charge >= 0.3 is 0 Å². The highest BCUT2D eigenvalue weighted by Gasteiger charge is 1.94. The molecule has 2 heteroatoms. The monoisotopic (exact) mass is 300 g/mol. The van der Waals surface area contributed by atoms with Gasteiger partial charge in [-0.1, -0.05) is 70.4 Å². The Morgan fingerprint density at radius 3 is 1.70 bits per heavy atom. The van der Waals surface area contributed by atoms with Crippen LogP contribution in [0.15, 0.2) is 12.2 Å². The van der Waals surface area contributed by atoms with Gasteiger partial charge < -0.3 is 0 Å². The van der Waals surface area contributed by atoms with Crippen molar-refractivity contribution in [1.29, 1.82) is 0 Å². The Morgan fingerprint density at radius 1 is 0.750 bits per heavy atom. The Bertz CT molecular complexity index is 236. The fourth-order valence-corrected chi connectivity index (χ4v) is 2.47. The van der Waals surface area contributed by atoms with Gasteiger partial charge in [0.15, 0.2) is 0 Å². The Morgan fingerprint density at radius 2 is 1.20 bits per heavy atom. The molecule has 0 bridgehead atoms. The van der Waals surface area contributed by atoms with Crippen LogP contribution in [-0.4, -0.2) is 5.24 Å². The average Bonchev–Trinajstić information content (AvgIpc) is 2.43. The summed E-state index contributed by atoms with van der Waals surface area (Å²) in [4.78, 5) is 10.5. The predicted molar refractivity (Wildman–Crippen MR) is 90.3 cm³/mol. The second-order valence-corrected chi connectivity index (χ2v) is 6.11. The van der Waals surface area contributed by atoms with E-state index in [4.69, 9.17) is 11.6 Å². The standard InChI is InChI=1S/C18H33ClO/c1-2-3-4-5-6-7-8-9-10-11-12-13-14-15-16-17-18(19)20/h12-13H,2-11,14-17H2,1H3/b13-12-. The van der Waals surface area contributed by atoms with E-state index < -0.39 is 0 Å². The van der Waals surface area contributed by atoms with E-state index in [1.807, 2.05) is 0 Å². The van der Waals surface area contributed by atoms with E-state index >= 15 is 0 Å². The van der Waals surface area contributed by atoms with Crippen molar-refractivity contribution in [2.24, 2.45) is 0 Å². The molecule has 0 spiro atoms. The third-order valence-corrected chi connectivity index (χ3v) is 3.82. The Labute approximate surface area is 131 Å². The van der Waals surface area contributed by atoms with Gasteiger partial charge in [-0.3, -0.25) is 4.79 Å². The van der Waals surface area contributed by atoms with Gasteiger partial charge in [-0.05, 0) is 43.7 Å². The summed E-state index contributed by atoms with van der Waals surface area (Å²) in [7, 11) is 0. The van der Waals surface area contributed by atoms with Crippen LogP contribution in [0.5, 0.6) is 0 Å². The maximum absolute atomic E-state index is 10.5. The molecule has 0 fully saturated rings. The third-order valence-electron chi connectivity index (χ3n) is 3.64. The Kier molecular flexibility index (Phi) is 16.5. The van der Waals surface area contributed by atoms with Crippen molar-refractivity contribution < 1.29 is 4.79 Å². The van der Waals surface area contributed by atoms with E-state index in [-0.39, 0.29) is 5.24 Å². The number of carbonyl (C=O) groups excluding carboxylic acids is 1. The van der Waals surface area contributed by atoms with Crippen LogP contribution in [0.3, 0.4) is 0 Å². The second kappa shape index (κ2) is 16.8. The summed E-state index contributed by atoms with van der Waals surface area (Å²) in [6.45, 7) is 2.27. The van der Waals surface area contributed by atoms with Crippen molar-refractivity contribution in [3.63, 3.8) is 0 Å². The number of hydrogen-bond donors (Lipinski definition) is 0. The summed E-state index contributed by atoms with van der Waals surface area (Å²) in [5.41, 5.74) is 0. The average molecular weight is 301 g/mol. The summed E-state index contributed by atoms with van der Waals surface area (Å²) < 4.78 is 0. The lowest BCUT2D eigenvalue weighted by atomic mass is 10.1. The molecule has 0 aromatic carbocycles. The molecule has 20 heavy (non-hydrogen) atoms. The maximum Gasteiger partial charge on any atom is 0.221 e. The molecule has 0 saturated carbocycles. The van der Waals surface area contributed by atoms with E-state index in [1.54, 1.807) is 0 Å². The highest BCUT2D eigenvalue weighted by Crippen LogP contribution is 2.11. The van der Waals surface area contributed by atoms with E-state index in [9.17, 15) is 4.79 Å². The van der Waals surface area contributed by atoms with Crippen molar-refractivity contribution in [3.8, 4) is 0 Å². The van der Waals surface area contributed by atoms with Gasteiger partial charge in [-0.25, -0.2) is 0 Å². The first-order valence-corrected chi connectivity index (χ1v) is 8.98. The van der Waals surface area contributed by atoms with Crippen molar-refractivity contribution >= 4 is 16.8 Å². The van der Waals surface area contributed by atoms with Crippen molar-refractivity contribution in [2.45, 2.75) is 96.8 Å². The fraction of sp³-hybridized carbons (Fsp3) is 0.833. The lowest BCUT2D eigenvalue weighted by Gasteiger charge is -2.00. The SMILES string of the molecule is CCCCCCCCCCC/C=C\CCCCC(=O)Cl. The van der Waals surface area contributed by atoms with Gasteiger partial charge in [0.1, 0.15) is 0 Å². The summed E-state index contributed by atoms with van der Waals surface area (Å²) in [5.74, 6) is 0. The lowest BCUT2D eigenvalue weighted by Crippen LogP contribution is -1.84. The van der Waals surface area contributed by atoms with Crippen LogP contribution < -0.4 is 0 Å². The summed E-state index contributed by atoms with van der Waals surface area (Å²) >= 11 is 5.28. The van der Waals surface area contributed by atoms with Crippen LogP contribution in [0.25, 0.3) is 0 Å². The number of carbonyl (C=O) groups is 1. The summed E-state index contributed by atoms with van der Waals surface area (Å²) in [6, 6.07) is 0. The molecule has 0 aromatic heterocycles. The molecule has 118 valence electrons. The van der Waals surface area contributed by atoms with Crippen LogP contribution >= 0.6 is 11.6 Å². The van der Waals surface area contributed by atoms with E-state index in [0.717, 1.165) is 19.3 Å². The second-order valence-electron chi connectivity index (χ2n) is 5.69. The summed E-state index contributed by atoms with van der Waals surface area (Å²) in [5, 5.41) is -0.205. The molecule has 0 N–H and O–H groups in total. The number of halogens is 1. The van der Waals surface area contributed by atoms with Crippen LogP contribution in [0.2, 0.25) is 0 Å². The molecular weight excluding hydrogens is 268 g/mol. The van der Waals surface area contributed by atoms with Crippen LogP contribution in [0.1, 0.15) is 96.8 Å². The molecule has 0 radical (unpaired) electrons. The molecule has 0 rings (SSSR count). The van der Waals surface area contributed by atoms with Gasteiger partial charge in [0, 0.05) is 6.42 Å². The topological polar surface area (TPSA) is 17.1 Å². The first-order chi connectivity index (χ1) is 9.77. The quantitative estimate of drug-likeness (QED) is 0.185. The molecule has 1 nitrogen and oxygen atoms in total. The zero-order valence-corrected chi connectivity index (χ0v) is 14.1. The number of unbranched alkanes of at least 4 members (excludes halogenated alkanes) is 11. The number of allylic oxidation sites excluding steroid dienone is 2. The third kappa shape index (κ3) is 17.7. The van der Waals surface area contributed by atoms with Crippen molar-refractivity contribution in [3.05, 3.63) is 12.2 Å². The number of hydrogen-bond acceptors (Lipinski definition) is 1. The minimum atomic E-state index is -0.205. The molecule has 0 saturated heterocycles. The van der Waals surface area contributed by atoms with Gasteiger partial charge in [0.2, 0.25) is 5.24 Å². The van der Waals surface area contributed by atoms with Crippen molar-refractivity contribution in [1.82, 2.24) is 0 Å². The highest BCUT2D eigenvalue weighted by atomic mass is 35.5. The Balaban J connectivity index is 3.06. The first-order valence-electron chi connectivity index (χ1n) is 8.60. The van der Waals surface area contributed by atoms with E-state index in [0.29, 0.717) is 6.42 Å². The minimum Gasteiger partial charge on any atom is -0.281 e. The molecule has 0 unspecified atom stereocenters. The molecule has 0 atom stereocenters. The normalized spacial score (nSPS) is 11.3. The zero-order chi connectivity index (χ0) is 14.9. The molecule has 0 aliphatic carbocycles. The van der Waals surface area contributed by atoms with Crippen LogP contribution in [0.4, 0.5) is 0 Å². The zero-order valence-electron chi connectivity index (χ0n) is 13.3. The molecular formula is C18H33ClO. The van der Waals surface area contributed by atoms with Crippen molar-refractivity contribution in [2.75, 3.05) is 0 Å². The van der Waals surface area contributed by atoms with Crippen LogP contribution in [-0.2, 0) is 4.79 Å². The number of rotatable bonds is 15. The lowest BCUT2D eigenvalue weighted by molar-refractivity contribution is -0.111. The van der Waals surface area contributed by atoms with Gasteiger partial charge in [-0.15, -0.1) is 0 Å². The van der Waals surface area contributed by atoms with Gasteiger partial charge in [0.05, 0.1) is 0 Å². The van der Waals surface area contributed by atoms with E-state index in [2.05, 4.69) is 19.1 Å². The predicted octanol–water partition coefficient (Wildman–Crippen LogP) is 6.79. The van der Waals surface area contributed by atoms with E-state index in [1.165, 1.54) is 64.2 Å². The highest BCUT2D eigenvalue weighted by molar-refractivity contribution is 6.63. The summed E-state index contributed by atoms with van der Waals surface area (Å²) in [6.07, 6.45) is 21.9. The van der Waals surface area contributed by atoms with Gasteiger partial charge in [-0.2, -0.15) is 0 Å².